The molecule has 0 heterocycles. The van der Waals surface area contributed by atoms with Gasteiger partial charge in [0.05, 0.1) is 0 Å². The van der Waals surface area contributed by atoms with Crippen molar-refractivity contribution >= 4 is 5.97 Å². The molecule has 0 aliphatic rings. The Morgan fingerprint density at radius 1 is 1.67 bits per heavy atom. The second-order valence-corrected chi connectivity index (χ2v) is 2.18. The number of nitrogens with zero attached hydrogens (tertiary/aromatic N) is 1. The molecule has 0 aromatic heterocycles. The van der Waals surface area contributed by atoms with E-state index in [0.717, 1.165) is 0 Å². The average Bonchev–Trinajstić information content (AvgIpc) is 1.64. The van der Waals surface area contributed by atoms with Crippen molar-refractivity contribution in [1.29, 1.82) is 0 Å². The van der Waals surface area contributed by atoms with Gasteiger partial charge in [0.2, 0.25) is 0 Å². The van der Waals surface area contributed by atoms with E-state index in [-0.39, 0.29) is 5.92 Å². The van der Waals surface area contributed by atoms with Crippen LogP contribution in [-0.2, 0) is 4.79 Å². The van der Waals surface area contributed by atoms with Crippen LogP contribution in [0.5, 0.6) is 0 Å². The van der Waals surface area contributed by atoms with Crippen LogP contribution in [0.15, 0.2) is 0 Å². The fourth-order valence-corrected chi connectivity index (χ4v) is 0.521. The second-order valence-electron chi connectivity index (χ2n) is 2.18. The van der Waals surface area contributed by atoms with Crippen LogP contribution in [0, 0.1) is 12.5 Å². The molecule has 0 unspecified atom stereocenters. The molecule has 3 heteroatoms. The maximum Gasteiger partial charge on any atom is 0.392 e. The van der Waals surface area contributed by atoms with Gasteiger partial charge in [-0.2, -0.15) is 0 Å². The summed E-state index contributed by atoms with van der Waals surface area (Å²) >= 11 is 0. The van der Waals surface area contributed by atoms with Crippen molar-refractivity contribution in [2.45, 2.75) is 19.9 Å². The van der Waals surface area contributed by atoms with Gasteiger partial charge in [0.25, 0.3) is 6.57 Å². The molecule has 0 aromatic carbocycles. The summed E-state index contributed by atoms with van der Waals surface area (Å²) in [5.41, 5.74) is 0. The molecule has 0 radical (unpaired) electrons. The quantitative estimate of drug-likeness (QED) is 0.604. The molecule has 0 aliphatic heterocycles. The average molecular weight is 128 g/mol. The minimum absolute atomic E-state index is 0.0347. The van der Waals surface area contributed by atoms with Crippen LogP contribution in [0.3, 0.4) is 0 Å². The van der Waals surface area contributed by atoms with Crippen LogP contribution in [0.2, 0.25) is 0 Å². The molecule has 0 amide bonds. The number of carboxylic acids is 1. The van der Waals surface area contributed by atoms with Crippen LogP contribution in [0.25, 0.3) is 4.85 Å². The van der Waals surface area contributed by atoms with Crippen molar-refractivity contribution < 1.29 is 9.90 Å². The van der Waals surface area contributed by atoms with Crippen molar-refractivity contribution in [2.75, 3.05) is 0 Å². The molecule has 0 spiro atoms. The first kappa shape index (κ1) is 7.96. The predicted molar refractivity (Wildman–Crippen MR) is 34.6 cm³/mol. The predicted octanol–water partition coefficient (Wildman–Crippen LogP) is 1.06. The molecule has 0 rings (SSSR count). The molecule has 0 saturated heterocycles. The van der Waals surface area contributed by atoms with Gasteiger partial charge in [-0.1, -0.05) is 18.7 Å². The molecule has 0 bridgehead atoms. The summed E-state index contributed by atoms with van der Waals surface area (Å²) < 4.78 is 0. The lowest BCUT2D eigenvalue weighted by molar-refractivity contribution is -0.138. The van der Waals surface area contributed by atoms with Crippen LogP contribution in [-0.4, -0.2) is 17.1 Å². The molecule has 0 fully saturated rings. The highest BCUT2D eigenvalue weighted by molar-refractivity contribution is 5.75. The van der Waals surface area contributed by atoms with Gasteiger partial charge in [-0.05, 0) is 0 Å². The number of carbonyl (C=O) groups is 1. The third-order valence-corrected chi connectivity index (χ3v) is 1.05. The minimum atomic E-state index is -0.965. The fourth-order valence-electron chi connectivity index (χ4n) is 0.521. The summed E-state index contributed by atoms with van der Waals surface area (Å²) in [4.78, 5) is 13.4. The third-order valence-electron chi connectivity index (χ3n) is 1.05. The molecule has 1 atom stereocenters. The lowest BCUT2D eigenvalue weighted by Gasteiger charge is -1.96. The molecule has 0 saturated carbocycles. The number of carboxylic acid groups (broad SMARTS) is 1. The van der Waals surface area contributed by atoms with E-state index in [9.17, 15) is 4.79 Å². The summed E-state index contributed by atoms with van der Waals surface area (Å²) in [6, 6.07) is -0.759. The standard InChI is InChI=1S/C6H9NO2/c1-4(2)5(7-3)6(8)9/h3-5H,1-2H3/p+1/t5-/m0/s1. The largest absolute Gasteiger partial charge is 0.475 e. The maximum atomic E-state index is 10.2. The Balaban J connectivity index is 4.04. The monoisotopic (exact) mass is 128 g/mol. The number of aliphatic carboxylic acids is 1. The zero-order valence-corrected chi connectivity index (χ0v) is 5.53. The van der Waals surface area contributed by atoms with E-state index < -0.39 is 12.0 Å². The van der Waals surface area contributed by atoms with Crippen LogP contribution >= 0.6 is 0 Å². The minimum Gasteiger partial charge on any atom is -0.475 e. The van der Waals surface area contributed by atoms with Crippen LogP contribution < -0.4 is 0 Å². The lowest BCUT2D eigenvalue weighted by atomic mass is 10.1. The number of hydrogen-bond donors (Lipinski definition) is 1. The molecule has 0 aliphatic carbocycles. The van der Waals surface area contributed by atoms with Gasteiger partial charge in [-0.15, -0.1) is 0 Å². The third kappa shape index (κ3) is 2.13. The van der Waals surface area contributed by atoms with Crippen molar-refractivity contribution in [2.24, 2.45) is 5.92 Å². The summed E-state index contributed by atoms with van der Waals surface area (Å²) in [6.45, 7) is 8.34. The van der Waals surface area contributed by atoms with Crippen molar-refractivity contribution in [3.05, 3.63) is 4.85 Å². The van der Waals surface area contributed by atoms with Gasteiger partial charge in [0.15, 0.2) is 0 Å². The van der Waals surface area contributed by atoms with Gasteiger partial charge < -0.3 is 5.11 Å². The fraction of sp³-hybridized carbons (Fsp3) is 0.667. The summed E-state index contributed by atoms with van der Waals surface area (Å²) in [5.74, 6) is -1.00. The molecular formula is C6H10NO2+. The van der Waals surface area contributed by atoms with Gasteiger partial charge in [0.1, 0.15) is 0 Å². The van der Waals surface area contributed by atoms with Gasteiger partial charge in [-0.25, -0.2) is 4.79 Å². The Morgan fingerprint density at radius 3 is 2.11 bits per heavy atom. The SMILES string of the molecule is C#[N+][C@H](C(=O)O)C(C)C. The maximum absolute atomic E-state index is 10.2. The van der Waals surface area contributed by atoms with Crippen molar-refractivity contribution in [3.8, 4) is 6.57 Å². The van der Waals surface area contributed by atoms with E-state index in [2.05, 4.69) is 4.85 Å². The van der Waals surface area contributed by atoms with Crippen LogP contribution in [0.1, 0.15) is 13.8 Å². The highest BCUT2D eigenvalue weighted by atomic mass is 16.4. The Bertz CT molecular complexity index is 146. The number of rotatable bonds is 2. The first-order valence-electron chi connectivity index (χ1n) is 2.72. The lowest BCUT2D eigenvalue weighted by Crippen LogP contribution is -2.21. The van der Waals surface area contributed by atoms with E-state index in [1.165, 1.54) is 0 Å². The van der Waals surface area contributed by atoms with Crippen molar-refractivity contribution in [1.82, 2.24) is 0 Å². The second kappa shape index (κ2) is 3.08. The Kier molecular flexibility index (Phi) is 2.72. The van der Waals surface area contributed by atoms with E-state index in [4.69, 9.17) is 11.7 Å². The van der Waals surface area contributed by atoms with Gasteiger partial charge in [-0.3, -0.25) is 0 Å². The smallest absolute Gasteiger partial charge is 0.392 e. The molecule has 3 nitrogen and oxygen atoms in total. The van der Waals surface area contributed by atoms with Crippen molar-refractivity contribution in [3.63, 3.8) is 0 Å². The summed E-state index contributed by atoms with van der Waals surface area (Å²) in [7, 11) is 0. The molecule has 0 aromatic rings. The summed E-state index contributed by atoms with van der Waals surface area (Å²) in [5, 5.41) is 8.37. The van der Waals surface area contributed by atoms with E-state index in [0.29, 0.717) is 0 Å². The molecular weight excluding hydrogens is 118 g/mol. The normalized spacial score (nSPS) is 12.7. The first-order chi connectivity index (χ1) is 4.09. The molecule has 50 valence electrons. The van der Waals surface area contributed by atoms with Gasteiger partial charge >= 0.3 is 12.0 Å². The zero-order chi connectivity index (χ0) is 7.44. The molecule has 9 heavy (non-hydrogen) atoms. The zero-order valence-electron chi connectivity index (χ0n) is 5.53. The van der Waals surface area contributed by atoms with E-state index >= 15 is 0 Å². The van der Waals surface area contributed by atoms with Crippen LogP contribution in [0.4, 0.5) is 0 Å². The highest BCUT2D eigenvalue weighted by Gasteiger charge is 2.29. The highest BCUT2D eigenvalue weighted by Crippen LogP contribution is 2.04. The van der Waals surface area contributed by atoms with E-state index in [1.807, 2.05) is 0 Å². The van der Waals surface area contributed by atoms with Gasteiger partial charge in [0, 0.05) is 5.92 Å². The Morgan fingerprint density at radius 2 is 2.11 bits per heavy atom. The summed E-state index contributed by atoms with van der Waals surface area (Å²) in [6.07, 6.45) is 0. The Labute approximate surface area is 54.1 Å². The van der Waals surface area contributed by atoms with E-state index in [1.54, 1.807) is 13.8 Å². The number of hydrogen-bond acceptors (Lipinski definition) is 1. The first-order valence-corrected chi connectivity index (χ1v) is 2.72. The molecule has 1 N–H and O–H groups in total. The Hall–Kier alpha value is -1.04. The topological polar surface area (TPSA) is 41.7 Å².